The second kappa shape index (κ2) is 13.7. The Kier molecular flexibility index (Phi) is 9.76. The Labute approximate surface area is 257 Å². The van der Waals surface area contributed by atoms with Crippen molar-refractivity contribution in [2.45, 2.75) is 64.6 Å². The second-order valence-electron chi connectivity index (χ2n) is 9.94. The standard InChI is InChI=1S/C30H33N5O4S3/c1-4-39-29(38)26-20-11-6-5-7-13-22(20)42-28(26)32-25(36)17-41-30-34-33-24(16-31-27(37)23-14-9-15-40-23)35(30)21-12-8-10-18(2)19(21)3/h8-10,12,14-15H,4-7,11,13,16-17H2,1-3H3,(H,31,37)(H,32,36). The largest absolute Gasteiger partial charge is 0.462 e. The minimum atomic E-state index is -0.385. The Balaban J connectivity index is 1.36. The molecule has 0 saturated heterocycles. The number of thiophene rings is 2. The molecule has 3 heterocycles. The van der Waals surface area contributed by atoms with Crippen molar-refractivity contribution in [2.75, 3.05) is 17.7 Å². The summed E-state index contributed by atoms with van der Waals surface area (Å²) in [6.45, 7) is 6.29. The summed E-state index contributed by atoms with van der Waals surface area (Å²) < 4.78 is 7.25. The predicted octanol–water partition coefficient (Wildman–Crippen LogP) is 6.11. The topological polar surface area (TPSA) is 115 Å². The molecule has 1 aromatic carbocycles. The number of benzene rings is 1. The molecule has 12 heteroatoms. The van der Waals surface area contributed by atoms with Crippen molar-refractivity contribution in [3.63, 3.8) is 0 Å². The summed E-state index contributed by atoms with van der Waals surface area (Å²) in [5, 5.41) is 17.6. The lowest BCUT2D eigenvalue weighted by Gasteiger charge is -2.14. The molecule has 4 aromatic rings. The lowest BCUT2D eigenvalue weighted by Crippen LogP contribution is -2.24. The third-order valence-electron chi connectivity index (χ3n) is 7.16. The van der Waals surface area contributed by atoms with Gasteiger partial charge in [-0.1, -0.05) is 36.4 Å². The molecule has 2 N–H and O–H groups in total. The fourth-order valence-corrected chi connectivity index (χ4v) is 7.62. The first-order chi connectivity index (χ1) is 20.4. The van der Waals surface area contributed by atoms with Gasteiger partial charge in [0.25, 0.3) is 5.91 Å². The number of esters is 1. The van der Waals surface area contributed by atoms with Crippen molar-refractivity contribution >= 4 is 57.2 Å². The highest BCUT2D eigenvalue weighted by Gasteiger charge is 2.27. The van der Waals surface area contributed by atoms with Gasteiger partial charge in [0, 0.05) is 4.88 Å². The van der Waals surface area contributed by atoms with Gasteiger partial charge in [0.2, 0.25) is 5.91 Å². The first-order valence-corrected chi connectivity index (χ1v) is 16.6. The van der Waals surface area contributed by atoms with Crippen molar-refractivity contribution in [2.24, 2.45) is 0 Å². The maximum atomic E-state index is 13.2. The fourth-order valence-electron chi connectivity index (χ4n) is 4.93. The Morgan fingerprint density at radius 1 is 1.07 bits per heavy atom. The third-order valence-corrected chi connectivity index (χ3v) is 10.2. The highest BCUT2D eigenvalue weighted by Crippen LogP contribution is 2.38. The van der Waals surface area contributed by atoms with Gasteiger partial charge in [0.05, 0.1) is 35.0 Å². The van der Waals surface area contributed by atoms with E-state index in [9.17, 15) is 14.4 Å². The van der Waals surface area contributed by atoms with Gasteiger partial charge in [-0.05, 0) is 80.7 Å². The molecule has 5 rings (SSSR count). The molecular formula is C30H33N5O4S3. The number of anilines is 1. The van der Waals surface area contributed by atoms with Gasteiger partial charge in [0.15, 0.2) is 11.0 Å². The molecule has 1 aliphatic carbocycles. The number of thioether (sulfide) groups is 1. The first-order valence-electron chi connectivity index (χ1n) is 13.9. The monoisotopic (exact) mass is 623 g/mol. The molecule has 0 saturated carbocycles. The van der Waals surface area contributed by atoms with Gasteiger partial charge in [-0.3, -0.25) is 14.2 Å². The molecule has 220 valence electrons. The SMILES string of the molecule is CCOC(=O)c1c(NC(=O)CSc2nnc(CNC(=O)c3cccs3)n2-c2cccc(C)c2C)sc2c1CCCCC2. The number of rotatable bonds is 10. The molecule has 9 nitrogen and oxygen atoms in total. The highest BCUT2D eigenvalue weighted by atomic mass is 32.2. The number of aromatic nitrogens is 3. The van der Waals surface area contributed by atoms with E-state index in [1.807, 2.05) is 48.1 Å². The highest BCUT2D eigenvalue weighted by molar-refractivity contribution is 7.99. The molecule has 0 fully saturated rings. The van der Waals surface area contributed by atoms with E-state index in [1.54, 1.807) is 13.0 Å². The first kappa shape index (κ1) is 30.0. The van der Waals surface area contributed by atoms with E-state index in [0.717, 1.165) is 59.4 Å². The van der Waals surface area contributed by atoms with E-state index in [2.05, 4.69) is 20.8 Å². The number of hydrogen-bond donors (Lipinski definition) is 2. The van der Waals surface area contributed by atoms with Gasteiger partial charge < -0.3 is 15.4 Å². The van der Waals surface area contributed by atoms with Crippen LogP contribution in [0.2, 0.25) is 0 Å². The molecule has 0 radical (unpaired) electrons. The Morgan fingerprint density at radius 3 is 2.69 bits per heavy atom. The van der Waals surface area contributed by atoms with E-state index in [4.69, 9.17) is 4.74 Å². The number of nitrogens with one attached hydrogen (secondary N) is 2. The number of ether oxygens (including phenoxy) is 1. The average molecular weight is 624 g/mol. The lowest BCUT2D eigenvalue weighted by molar-refractivity contribution is -0.113. The van der Waals surface area contributed by atoms with Gasteiger partial charge in [-0.2, -0.15) is 0 Å². The molecule has 2 amide bonds. The summed E-state index contributed by atoms with van der Waals surface area (Å²) in [7, 11) is 0. The fraction of sp³-hybridized carbons (Fsp3) is 0.367. The molecular weight excluding hydrogens is 591 g/mol. The summed E-state index contributed by atoms with van der Waals surface area (Å²) in [6.07, 6.45) is 4.94. The van der Waals surface area contributed by atoms with Crippen LogP contribution in [0, 0.1) is 13.8 Å². The van der Waals surface area contributed by atoms with Gasteiger partial charge in [0.1, 0.15) is 5.00 Å². The van der Waals surface area contributed by atoms with Crippen LogP contribution in [-0.4, -0.2) is 44.9 Å². The Morgan fingerprint density at radius 2 is 1.90 bits per heavy atom. The number of amides is 2. The minimum absolute atomic E-state index is 0.0649. The van der Waals surface area contributed by atoms with Crippen LogP contribution in [0.3, 0.4) is 0 Å². The van der Waals surface area contributed by atoms with Crippen LogP contribution in [0.4, 0.5) is 5.00 Å². The molecule has 0 atom stereocenters. The molecule has 0 bridgehead atoms. The summed E-state index contributed by atoms with van der Waals surface area (Å²) in [4.78, 5) is 40.5. The number of fused-ring (bicyclic) bond motifs is 1. The number of aryl methyl sites for hydroxylation is 2. The zero-order chi connectivity index (χ0) is 29.6. The van der Waals surface area contributed by atoms with E-state index in [-0.39, 0.29) is 36.7 Å². The van der Waals surface area contributed by atoms with Crippen LogP contribution < -0.4 is 10.6 Å². The van der Waals surface area contributed by atoms with Crippen molar-refractivity contribution in [3.05, 3.63) is 73.5 Å². The second-order valence-corrected chi connectivity index (χ2v) is 12.9. The van der Waals surface area contributed by atoms with E-state index >= 15 is 0 Å². The molecule has 42 heavy (non-hydrogen) atoms. The van der Waals surface area contributed by atoms with E-state index in [0.29, 0.717) is 26.4 Å². The molecule has 1 aliphatic rings. The Hall–Kier alpha value is -3.48. The van der Waals surface area contributed by atoms with Crippen LogP contribution in [0.25, 0.3) is 5.69 Å². The predicted molar refractivity (Wildman–Crippen MR) is 167 cm³/mol. The van der Waals surface area contributed by atoms with Crippen molar-refractivity contribution < 1.29 is 19.1 Å². The third kappa shape index (κ3) is 6.61. The summed E-state index contributed by atoms with van der Waals surface area (Å²) in [5.41, 5.74) is 4.55. The van der Waals surface area contributed by atoms with Gasteiger partial charge >= 0.3 is 5.97 Å². The maximum Gasteiger partial charge on any atom is 0.341 e. The molecule has 0 spiro atoms. The number of carbonyl (C=O) groups is 3. The van der Waals surface area contributed by atoms with Gasteiger partial charge in [-0.15, -0.1) is 32.9 Å². The smallest absolute Gasteiger partial charge is 0.341 e. The molecule has 0 unspecified atom stereocenters. The average Bonchev–Trinajstić information content (AvgIpc) is 3.69. The Bertz CT molecular complexity index is 1590. The van der Waals surface area contributed by atoms with Crippen LogP contribution in [0.5, 0.6) is 0 Å². The zero-order valence-corrected chi connectivity index (χ0v) is 26.3. The lowest BCUT2D eigenvalue weighted by atomic mass is 10.1. The van der Waals surface area contributed by atoms with Crippen molar-refractivity contribution in [1.82, 2.24) is 20.1 Å². The number of carbonyl (C=O) groups excluding carboxylic acids is 3. The van der Waals surface area contributed by atoms with Crippen molar-refractivity contribution in [1.29, 1.82) is 0 Å². The van der Waals surface area contributed by atoms with Crippen molar-refractivity contribution in [3.8, 4) is 5.69 Å². The normalized spacial score (nSPS) is 12.8. The van der Waals surface area contributed by atoms with Crippen LogP contribution >= 0.6 is 34.4 Å². The van der Waals surface area contributed by atoms with E-state index in [1.165, 1.54) is 34.4 Å². The molecule has 3 aromatic heterocycles. The summed E-state index contributed by atoms with van der Waals surface area (Å²) in [5.74, 6) is -0.187. The zero-order valence-electron chi connectivity index (χ0n) is 23.8. The quantitative estimate of drug-likeness (QED) is 0.124. The van der Waals surface area contributed by atoms with Crippen LogP contribution in [-0.2, 0) is 28.9 Å². The van der Waals surface area contributed by atoms with Crippen LogP contribution in [0.15, 0.2) is 40.9 Å². The molecule has 0 aliphatic heterocycles. The van der Waals surface area contributed by atoms with E-state index < -0.39 is 0 Å². The number of nitrogens with zero attached hydrogens (tertiary/aromatic N) is 3. The summed E-state index contributed by atoms with van der Waals surface area (Å²) >= 11 is 4.11. The van der Waals surface area contributed by atoms with Crippen LogP contribution in [0.1, 0.15) is 73.6 Å². The maximum absolute atomic E-state index is 13.2. The summed E-state index contributed by atoms with van der Waals surface area (Å²) in [6, 6.07) is 9.58. The number of hydrogen-bond acceptors (Lipinski definition) is 9. The van der Waals surface area contributed by atoms with Gasteiger partial charge in [-0.25, -0.2) is 4.79 Å². The minimum Gasteiger partial charge on any atom is -0.462 e.